The lowest BCUT2D eigenvalue weighted by atomic mass is 9.72. The number of halogens is 2. The molecule has 8 heteroatoms. The molecule has 1 N–H and O–H groups in total. The standard InChI is InChI=1S/C32H32BrFN2O3S/c1-32(2,3)22-11-12-24-28(16-22)40-31(29(24)30(37)35-18-23-8-6-14-38-23)36-17-20-10-13-27(25(33)15-20)39-19-21-7-4-5-9-26(21)34/h4-10,13-15,17,22H,11-12,16,18-19H2,1-3H3,(H,35,37)/t22-/m0/s1. The van der Waals surface area contributed by atoms with Crippen LogP contribution in [0.25, 0.3) is 0 Å². The monoisotopic (exact) mass is 622 g/mol. The minimum absolute atomic E-state index is 0.130. The molecule has 0 saturated heterocycles. The number of thiophene rings is 1. The molecule has 0 saturated carbocycles. The summed E-state index contributed by atoms with van der Waals surface area (Å²) < 4.78 is 25.9. The Morgan fingerprint density at radius 3 is 2.77 bits per heavy atom. The van der Waals surface area contributed by atoms with Crippen molar-refractivity contribution in [1.82, 2.24) is 5.32 Å². The van der Waals surface area contributed by atoms with Gasteiger partial charge in [0.2, 0.25) is 0 Å². The Bertz CT molecular complexity index is 1520. The molecule has 5 nitrogen and oxygen atoms in total. The van der Waals surface area contributed by atoms with Crippen LogP contribution in [-0.2, 0) is 26.0 Å². The SMILES string of the molecule is CC(C)(C)[C@H]1CCc2c(sc(N=Cc3ccc(OCc4ccccc4F)c(Br)c3)c2C(=O)NCc2ccco2)C1. The van der Waals surface area contributed by atoms with Crippen molar-refractivity contribution in [3.8, 4) is 5.75 Å². The summed E-state index contributed by atoms with van der Waals surface area (Å²) in [7, 11) is 0. The number of rotatable bonds is 8. The van der Waals surface area contributed by atoms with Crippen molar-refractivity contribution in [2.45, 2.75) is 53.2 Å². The van der Waals surface area contributed by atoms with Crippen LogP contribution in [0.3, 0.4) is 0 Å². The van der Waals surface area contributed by atoms with E-state index in [0.29, 0.717) is 40.1 Å². The highest BCUT2D eigenvalue weighted by molar-refractivity contribution is 9.10. The number of hydrogen-bond donors (Lipinski definition) is 1. The summed E-state index contributed by atoms with van der Waals surface area (Å²) in [5, 5.41) is 3.73. The topological polar surface area (TPSA) is 63.8 Å². The Labute approximate surface area is 246 Å². The number of nitrogens with one attached hydrogen (secondary N) is 1. The second-order valence-electron chi connectivity index (χ2n) is 11.1. The average molecular weight is 624 g/mol. The van der Waals surface area contributed by atoms with E-state index in [-0.39, 0.29) is 23.7 Å². The highest BCUT2D eigenvalue weighted by Gasteiger charge is 2.33. The lowest BCUT2D eigenvalue weighted by molar-refractivity contribution is 0.0947. The fourth-order valence-electron chi connectivity index (χ4n) is 4.92. The number of ether oxygens (including phenoxy) is 1. The number of aliphatic imine (C=N–C) groups is 1. The molecule has 4 aromatic rings. The molecule has 5 rings (SSSR count). The molecule has 0 bridgehead atoms. The van der Waals surface area contributed by atoms with Crippen molar-refractivity contribution in [1.29, 1.82) is 0 Å². The molecule has 0 aliphatic heterocycles. The molecular formula is C32H32BrFN2O3S. The van der Waals surface area contributed by atoms with Gasteiger partial charge in [-0.1, -0.05) is 39.0 Å². The van der Waals surface area contributed by atoms with E-state index >= 15 is 0 Å². The number of carbonyl (C=O) groups excluding carboxylic acids is 1. The fraction of sp³-hybridized carbons (Fsp3) is 0.312. The number of furan rings is 1. The Balaban J connectivity index is 1.37. The van der Waals surface area contributed by atoms with Crippen LogP contribution in [-0.4, -0.2) is 12.1 Å². The number of benzene rings is 2. The first kappa shape index (κ1) is 28.3. The zero-order valence-electron chi connectivity index (χ0n) is 22.8. The van der Waals surface area contributed by atoms with Crippen LogP contribution >= 0.6 is 27.3 Å². The lowest BCUT2D eigenvalue weighted by Gasteiger charge is -2.33. The number of nitrogens with zero attached hydrogens (tertiary/aromatic N) is 1. The third-order valence-corrected chi connectivity index (χ3v) is 9.11. The fourth-order valence-corrected chi connectivity index (χ4v) is 6.70. The summed E-state index contributed by atoms with van der Waals surface area (Å²) in [5.74, 6) is 1.45. The lowest BCUT2D eigenvalue weighted by Crippen LogP contribution is -2.28. The predicted octanol–water partition coefficient (Wildman–Crippen LogP) is 8.65. The molecule has 2 aromatic heterocycles. The van der Waals surface area contributed by atoms with Crippen LogP contribution < -0.4 is 10.1 Å². The maximum atomic E-state index is 14.0. The van der Waals surface area contributed by atoms with Gasteiger partial charge in [-0.15, -0.1) is 11.3 Å². The summed E-state index contributed by atoms with van der Waals surface area (Å²) in [5.41, 5.74) is 3.33. The molecule has 1 aliphatic carbocycles. The minimum Gasteiger partial charge on any atom is -0.488 e. The molecule has 1 amide bonds. The second kappa shape index (κ2) is 12.1. The quantitative estimate of drug-likeness (QED) is 0.200. The Kier molecular flexibility index (Phi) is 8.57. The van der Waals surface area contributed by atoms with Crippen LogP contribution in [0.15, 0.2) is 74.7 Å². The molecule has 208 valence electrons. The van der Waals surface area contributed by atoms with Crippen LogP contribution in [0.5, 0.6) is 5.75 Å². The van der Waals surface area contributed by atoms with Crippen molar-refractivity contribution < 1.29 is 18.3 Å². The van der Waals surface area contributed by atoms with E-state index in [1.807, 2.05) is 30.3 Å². The summed E-state index contributed by atoms with van der Waals surface area (Å²) in [6.45, 7) is 7.31. The number of amides is 1. The van der Waals surface area contributed by atoms with Gasteiger partial charge in [-0.25, -0.2) is 9.38 Å². The van der Waals surface area contributed by atoms with Crippen molar-refractivity contribution in [2.75, 3.05) is 0 Å². The van der Waals surface area contributed by atoms with Crippen LogP contribution in [0.2, 0.25) is 0 Å². The van der Waals surface area contributed by atoms with Gasteiger partial charge in [0.05, 0.1) is 22.8 Å². The van der Waals surface area contributed by atoms with E-state index in [9.17, 15) is 9.18 Å². The largest absolute Gasteiger partial charge is 0.488 e. The third-order valence-electron chi connectivity index (χ3n) is 7.33. The zero-order chi connectivity index (χ0) is 28.3. The molecule has 2 aromatic carbocycles. The van der Waals surface area contributed by atoms with E-state index in [0.717, 1.165) is 34.9 Å². The molecule has 0 radical (unpaired) electrons. The van der Waals surface area contributed by atoms with E-state index < -0.39 is 0 Å². The highest BCUT2D eigenvalue weighted by atomic mass is 79.9. The van der Waals surface area contributed by atoms with Crippen molar-refractivity contribution in [3.63, 3.8) is 0 Å². The van der Waals surface area contributed by atoms with Gasteiger partial charge in [0, 0.05) is 16.7 Å². The Hall–Kier alpha value is -3.23. The normalized spacial score (nSPS) is 15.3. The van der Waals surface area contributed by atoms with Crippen LogP contribution in [0.4, 0.5) is 9.39 Å². The molecule has 0 fully saturated rings. The van der Waals surface area contributed by atoms with E-state index in [1.54, 1.807) is 42.0 Å². The zero-order valence-corrected chi connectivity index (χ0v) is 25.2. The van der Waals surface area contributed by atoms with Gasteiger partial charge in [-0.2, -0.15) is 0 Å². The molecule has 0 spiro atoms. The number of hydrogen-bond acceptors (Lipinski definition) is 5. The first-order valence-electron chi connectivity index (χ1n) is 13.3. The predicted molar refractivity (Wildman–Crippen MR) is 161 cm³/mol. The maximum Gasteiger partial charge on any atom is 0.255 e. The Morgan fingerprint density at radius 1 is 1.23 bits per heavy atom. The summed E-state index contributed by atoms with van der Waals surface area (Å²) in [6, 6.07) is 15.9. The summed E-state index contributed by atoms with van der Waals surface area (Å²) in [6.07, 6.45) is 6.25. The van der Waals surface area contributed by atoms with Gasteiger partial charge in [0.15, 0.2) is 0 Å². The minimum atomic E-state index is -0.293. The highest BCUT2D eigenvalue weighted by Crippen LogP contribution is 2.45. The molecular weight excluding hydrogens is 591 g/mol. The third kappa shape index (κ3) is 6.56. The van der Waals surface area contributed by atoms with Gasteiger partial charge in [-0.05, 0) is 94.1 Å². The first-order valence-corrected chi connectivity index (χ1v) is 14.9. The van der Waals surface area contributed by atoms with Gasteiger partial charge >= 0.3 is 0 Å². The smallest absolute Gasteiger partial charge is 0.255 e. The molecule has 1 aliphatic rings. The van der Waals surface area contributed by atoms with Crippen molar-refractivity contribution in [3.05, 3.63) is 104 Å². The van der Waals surface area contributed by atoms with Crippen molar-refractivity contribution >= 4 is 44.4 Å². The van der Waals surface area contributed by atoms with E-state index in [2.05, 4.69) is 42.0 Å². The molecule has 1 atom stereocenters. The van der Waals surface area contributed by atoms with Gasteiger partial charge < -0.3 is 14.5 Å². The van der Waals surface area contributed by atoms with Crippen LogP contribution in [0, 0.1) is 17.2 Å². The van der Waals surface area contributed by atoms with Crippen LogP contribution in [0.1, 0.15) is 64.9 Å². The molecule has 40 heavy (non-hydrogen) atoms. The average Bonchev–Trinajstić information content (AvgIpc) is 3.57. The Morgan fingerprint density at radius 2 is 2.05 bits per heavy atom. The molecule has 2 heterocycles. The summed E-state index contributed by atoms with van der Waals surface area (Å²) >= 11 is 5.18. The van der Waals surface area contributed by atoms with E-state index in [4.69, 9.17) is 14.1 Å². The van der Waals surface area contributed by atoms with Gasteiger partial charge in [0.25, 0.3) is 5.91 Å². The molecule has 0 unspecified atom stereocenters. The number of fused-ring (bicyclic) bond motifs is 1. The number of carbonyl (C=O) groups is 1. The van der Waals surface area contributed by atoms with Crippen molar-refractivity contribution in [2.24, 2.45) is 16.3 Å². The van der Waals surface area contributed by atoms with E-state index in [1.165, 1.54) is 10.9 Å². The summed E-state index contributed by atoms with van der Waals surface area (Å²) in [4.78, 5) is 19.5. The van der Waals surface area contributed by atoms with Gasteiger partial charge in [-0.3, -0.25) is 4.79 Å². The van der Waals surface area contributed by atoms with Gasteiger partial charge in [0.1, 0.15) is 28.9 Å². The first-order chi connectivity index (χ1) is 19.2. The maximum absolute atomic E-state index is 14.0. The second-order valence-corrected chi connectivity index (χ2v) is 13.0.